The highest BCUT2D eigenvalue weighted by Crippen LogP contribution is 2.25. The topological polar surface area (TPSA) is 52.3 Å². The molecule has 0 saturated heterocycles. The van der Waals surface area contributed by atoms with E-state index in [0.29, 0.717) is 0 Å². The van der Waals surface area contributed by atoms with Crippen LogP contribution < -0.4 is 5.73 Å². The standard InChI is InChI=1S/C7H10Cl3NO2/c1-5(11)2-3-6(12)13-4-7(8,9)10/h2-3,5H,4,11H2,1H3/b3-2+/t5-/m0/s1. The van der Waals surface area contributed by atoms with Crippen molar-refractivity contribution < 1.29 is 9.53 Å². The lowest BCUT2D eigenvalue weighted by atomic mass is 10.3. The van der Waals surface area contributed by atoms with E-state index < -0.39 is 9.76 Å². The maximum absolute atomic E-state index is 10.9. The molecule has 2 N–H and O–H groups in total. The van der Waals surface area contributed by atoms with E-state index >= 15 is 0 Å². The molecule has 0 aliphatic heterocycles. The summed E-state index contributed by atoms with van der Waals surface area (Å²) in [5.74, 6) is -0.580. The van der Waals surface area contributed by atoms with E-state index in [1.165, 1.54) is 12.2 Å². The van der Waals surface area contributed by atoms with Crippen LogP contribution in [0.5, 0.6) is 0 Å². The van der Waals surface area contributed by atoms with E-state index in [4.69, 9.17) is 40.5 Å². The normalized spacial score (nSPS) is 14.5. The lowest BCUT2D eigenvalue weighted by molar-refractivity contribution is -0.137. The molecular formula is C7H10Cl3NO2. The minimum absolute atomic E-state index is 0.208. The molecular weight excluding hydrogens is 236 g/mol. The van der Waals surface area contributed by atoms with Gasteiger partial charge in [-0.25, -0.2) is 4.79 Å². The lowest BCUT2D eigenvalue weighted by Gasteiger charge is -2.09. The minimum Gasteiger partial charge on any atom is -0.458 e. The Hall–Kier alpha value is 0.0400. The number of carbonyl (C=O) groups excluding carboxylic acids is 1. The van der Waals surface area contributed by atoms with Crippen molar-refractivity contribution in [3.8, 4) is 0 Å². The van der Waals surface area contributed by atoms with Crippen LogP contribution in [0, 0.1) is 0 Å². The van der Waals surface area contributed by atoms with Crippen molar-refractivity contribution >= 4 is 40.8 Å². The summed E-state index contributed by atoms with van der Waals surface area (Å²) < 4.78 is 3.01. The number of hydrogen-bond donors (Lipinski definition) is 1. The number of esters is 1. The highest BCUT2D eigenvalue weighted by molar-refractivity contribution is 6.67. The van der Waals surface area contributed by atoms with Gasteiger partial charge in [0.15, 0.2) is 0 Å². The molecule has 0 bridgehead atoms. The van der Waals surface area contributed by atoms with Crippen LogP contribution in [0.1, 0.15) is 6.92 Å². The number of rotatable bonds is 3. The molecule has 76 valence electrons. The van der Waals surface area contributed by atoms with Gasteiger partial charge in [-0.05, 0) is 6.92 Å². The Kier molecular flexibility index (Phi) is 5.72. The maximum atomic E-state index is 10.9. The summed E-state index contributed by atoms with van der Waals surface area (Å²) >= 11 is 16.0. The third-order valence-electron chi connectivity index (χ3n) is 0.914. The monoisotopic (exact) mass is 245 g/mol. The first-order valence-electron chi connectivity index (χ1n) is 3.48. The first kappa shape index (κ1) is 13.0. The third-order valence-corrected chi connectivity index (χ3v) is 1.24. The zero-order valence-electron chi connectivity index (χ0n) is 6.97. The molecule has 0 spiro atoms. The average Bonchev–Trinajstić information content (AvgIpc) is 1.95. The lowest BCUT2D eigenvalue weighted by Crippen LogP contribution is -2.17. The number of alkyl halides is 3. The van der Waals surface area contributed by atoms with Gasteiger partial charge in [-0.15, -0.1) is 0 Å². The molecule has 0 aromatic heterocycles. The molecule has 6 heteroatoms. The van der Waals surface area contributed by atoms with E-state index in [-0.39, 0.29) is 12.6 Å². The zero-order valence-corrected chi connectivity index (χ0v) is 9.23. The van der Waals surface area contributed by atoms with Gasteiger partial charge in [-0.2, -0.15) is 0 Å². The molecule has 3 nitrogen and oxygen atoms in total. The number of hydrogen-bond acceptors (Lipinski definition) is 3. The molecule has 0 fully saturated rings. The van der Waals surface area contributed by atoms with Crippen molar-refractivity contribution in [1.82, 2.24) is 0 Å². The van der Waals surface area contributed by atoms with E-state index in [1.807, 2.05) is 0 Å². The Morgan fingerprint density at radius 2 is 2.15 bits per heavy atom. The molecule has 1 atom stereocenters. The SMILES string of the molecule is C[C@H](N)/C=C/C(=O)OCC(Cl)(Cl)Cl. The quantitative estimate of drug-likeness (QED) is 0.469. The van der Waals surface area contributed by atoms with Crippen molar-refractivity contribution in [2.45, 2.75) is 16.8 Å². The second-order valence-corrected chi connectivity index (χ2v) is 4.96. The summed E-state index contributed by atoms with van der Waals surface area (Å²) in [4.78, 5) is 10.9. The first-order valence-corrected chi connectivity index (χ1v) is 4.62. The van der Waals surface area contributed by atoms with E-state index in [9.17, 15) is 4.79 Å². The summed E-state index contributed by atoms with van der Waals surface area (Å²) in [6, 6.07) is -0.208. The molecule has 0 amide bonds. The number of carbonyl (C=O) groups is 1. The molecule has 0 saturated carbocycles. The molecule has 0 aromatic carbocycles. The number of halogens is 3. The van der Waals surface area contributed by atoms with Crippen LogP contribution in [-0.4, -0.2) is 22.4 Å². The van der Waals surface area contributed by atoms with Crippen molar-refractivity contribution in [1.29, 1.82) is 0 Å². The molecule has 0 aliphatic carbocycles. The maximum Gasteiger partial charge on any atom is 0.330 e. The Balaban J connectivity index is 3.77. The Bertz CT molecular complexity index is 198. The van der Waals surface area contributed by atoms with E-state index in [1.54, 1.807) is 6.92 Å². The summed E-state index contributed by atoms with van der Waals surface area (Å²) in [5, 5.41) is 0. The van der Waals surface area contributed by atoms with Gasteiger partial charge >= 0.3 is 5.97 Å². The highest BCUT2D eigenvalue weighted by Gasteiger charge is 2.21. The second kappa shape index (κ2) is 5.70. The summed E-state index contributed by atoms with van der Waals surface area (Å²) in [6.07, 6.45) is 2.68. The van der Waals surface area contributed by atoms with Crippen LogP contribution in [0.15, 0.2) is 12.2 Å². The molecule has 0 radical (unpaired) electrons. The molecule has 0 rings (SSSR count). The Morgan fingerprint density at radius 3 is 2.54 bits per heavy atom. The summed E-state index contributed by atoms with van der Waals surface area (Å²) in [5.41, 5.74) is 5.35. The fourth-order valence-corrected chi connectivity index (χ4v) is 0.595. The van der Waals surface area contributed by atoms with Crippen LogP contribution in [-0.2, 0) is 9.53 Å². The van der Waals surface area contributed by atoms with Crippen LogP contribution in [0.4, 0.5) is 0 Å². The van der Waals surface area contributed by atoms with Crippen molar-refractivity contribution in [2.75, 3.05) is 6.61 Å². The van der Waals surface area contributed by atoms with Gasteiger partial charge in [-0.1, -0.05) is 40.9 Å². The number of nitrogens with two attached hydrogens (primary N) is 1. The zero-order chi connectivity index (χ0) is 10.5. The fraction of sp³-hybridized carbons (Fsp3) is 0.571. The molecule has 13 heavy (non-hydrogen) atoms. The van der Waals surface area contributed by atoms with Gasteiger partial charge in [0.1, 0.15) is 6.61 Å². The Morgan fingerprint density at radius 1 is 1.62 bits per heavy atom. The van der Waals surface area contributed by atoms with Crippen molar-refractivity contribution in [3.05, 3.63) is 12.2 Å². The Labute approximate surface area is 91.8 Å². The predicted octanol–water partition coefficient (Wildman–Crippen LogP) is 1.80. The van der Waals surface area contributed by atoms with E-state index in [0.717, 1.165) is 0 Å². The second-order valence-electron chi connectivity index (χ2n) is 2.44. The molecule has 0 heterocycles. The van der Waals surface area contributed by atoms with Crippen molar-refractivity contribution in [2.24, 2.45) is 5.73 Å². The first-order chi connectivity index (χ1) is 5.81. The number of ether oxygens (including phenoxy) is 1. The fourth-order valence-electron chi connectivity index (χ4n) is 0.431. The third kappa shape index (κ3) is 9.96. The van der Waals surface area contributed by atoms with Gasteiger partial charge < -0.3 is 10.5 Å². The molecule has 0 aliphatic rings. The largest absolute Gasteiger partial charge is 0.458 e. The van der Waals surface area contributed by atoms with Crippen LogP contribution in [0.25, 0.3) is 0 Å². The minimum atomic E-state index is -1.57. The highest BCUT2D eigenvalue weighted by atomic mass is 35.6. The van der Waals surface area contributed by atoms with Gasteiger partial charge in [-0.3, -0.25) is 0 Å². The average molecular weight is 247 g/mol. The summed E-state index contributed by atoms with van der Waals surface area (Å²) in [6.45, 7) is 1.44. The van der Waals surface area contributed by atoms with Crippen LogP contribution in [0.3, 0.4) is 0 Å². The van der Waals surface area contributed by atoms with Crippen LogP contribution in [0.2, 0.25) is 0 Å². The van der Waals surface area contributed by atoms with Gasteiger partial charge in [0.2, 0.25) is 3.79 Å². The molecule has 0 aromatic rings. The molecule has 0 unspecified atom stereocenters. The van der Waals surface area contributed by atoms with E-state index in [2.05, 4.69) is 4.74 Å². The van der Waals surface area contributed by atoms with Crippen molar-refractivity contribution in [3.63, 3.8) is 0 Å². The summed E-state index contributed by atoms with van der Waals surface area (Å²) in [7, 11) is 0. The predicted molar refractivity (Wildman–Crippen MR) is 54.0 cm³/mol. The smallest absolute Gasteiger partial charge is 0.330 e. The van der Waals surface area contributed by atoms with Crippen LogP contribution >= 0.6 is 34.8 Å². The van der Waals surface area contributed by atoms with Gasteiger partial charge in [0.05, 0.1) is 0 Å². The van der Waals surface area contributed by atoms with Gasteiger partial charge in [0.25, 0.3) is 0 Å². The van der Waals surface area contributed by atoms with Gasteiger partial charge in [0, 0.05) is 12.1 Å².